The lowest BCUT2D eigenvalue weighted by Gasteiger charge is -2.43. The number of aliphatic carboxylic acids is 1. The van der Waals surface area contributed by atoms with Crippen molar-refractivity contribution in [3.8, 4) is 0 Å². The highest BCUT2D eigenvalue weighted by Crippen LogP contribution is 2.40. The van der Waals surface area contributed by atoms with Crippen LogP contribution in [-0.2, 0) is 9.59 Å². The number of rotatable bonds is 3. The summed E-state index contributed by atoms with van der Waals surface area (Å²) in [7, 11) is 0. The molecule has 102 valence electrons. The summed E-state index contributed by atoms with van der Waals surface area (Å²) in [6.45, 7) is 0. The normalized spacial score (nSPS) is 21.9. The number of nitrogens with zero attached hydrogens (tertiary/aromatic N) is 2. The van der Waals surface area contributed by atoms with E-state index in [2.05, 4.69) is 4.98 Å². The largest absolute Gasteiger partial charge is 0.477 e. The molecule has 6 heteroatoms. The van der Waals surface area contributed by atoms with Crippen LogP contribution < -0.4 is 0 Å². The molecule has 0 aliphatic carbocycles. The summed E-state index contributed by atoms with van der Waals surface area (Å²) in [6.07, 6.45) is 7.40. The van der Waals surface area contributed by atoms with Crippen LogP contribution in [0.3, 0.4) is 0 Å². The average molecular weight is 288 g/mol. The highest BCUT2D eigenvalue weighted by Gasteiger charge is 2.44. The van der Waals surface area contributed by atoms with E-state index < -0.39 is 5.97 Å². The molecule has 1 aromatic rings. The summed E-state index contributed by atoms with van der Waals surface area (Å²) in [4.78, 5) is 28.3. The van der Waals surface area contributed by atoms with Crippen LogP contribution in [0.4, 0.5) is 0 Å². The first kappa shape index (κ1) is 12.9. The minimum Gasteiger partial charge on any atom is -0.477 e. The lowest BCUT2D eigenvalue weighted by molar-refractivity contribution is -0.146. The predicted octanol–water partition coefficient (Wildman–Crippen LogP) is 1.74. The Morgan fingerprint density at radius 1 is 1.40 bits per heavy atom. The van der Waals surface area contributed by atoms with E-state index in [9.17, 15) is 14.7 Å². The van der Waals surface area contributed by atoms with Crippen molar-refractivity contribution >= 4 is 29.7 Å². The smallest absolute Gasteiger partial charge is 0.352 e. The van der Waals surface area contributed by atoms with Gasteiger partial charge in [0, 0.05) is 18.1 Å². The quantitative estimate of drug-likeness (QED) is 0.858. The third-order valence-corrected chi connectivity index (χ3v) is 4.51. The maximum Gasteiger partial charge on any atom is 0.352 e. The van der Waals surface area contributed by atoms with E-state index in [4.69, 9.17) is 0 Å². The van der Waals surface area contributed by atoms with Crippen LogP contribution in [0.25, 0.3) is 6.08 Å². The van der Waals surface area contributed by atoms with Crippen molar-refractivity contribution in [2.45, 2.75) is 11.8 Å². The summed E-state index contributed by atoms with van der Waals surface area (Å²) < 4.78 is 0. The van der Waals surface area contributed by atoms with Gasteiger partial charge in [0.1, 0.15) is 5.70 Å². The Kier molecular flexibility index (Phi) is 3.31. The number of carboxylic acids is 1. The van der Waals surface area contributed by atoms with Crippen molar-refractivity contribution in [2.24, 2.45) is 0 Å². The van der Waals surface area contributed by atoms with Gasteiger partial charge in [-0.2, -0.15) is 0 Å². The molecule has 3 rings (SSSR count). The number of carboxylic acid groups (broad SMARTS) is 1. The van der Waals surface area contributed by atoms with Crippen LogP contribution in [-0.4, -0.2) is 38.0 Å². The first-order chi connectivity index (χ1) is 9.66. The lowest BCUT2D eigenvalue weighted by Crippen LogP contribution is -2.53. The van der Waals surface area contributed by atoms with Crippen LogP contribution >= 0.6 is 11.8 Å². The van der Waals surface area contributed by atoms with Crippen molar-refractivity contribution in [1.82, 2.24) is 9.88 Å². The number of pyridine rings is 1. The van der Waals surface area contributed by atoms with Crippen LogP contribution in [0.2, 0.25) is 0 Å². The molecular weight excluding hydrogens is 276 g/mol. The molecule has 1 atom stereocenters. The topological polar surface area (TPSA) is 70.5 Å². The minimum atomic E-state index is -1.04. The Hall–Kier alpha value is -2.08. The number of carbonyl (C=O) groups is 2. The van der Waals surface area contributed by atoms with Crippen LogP contribution in [0, 0.1) is 0 Å². The molecule has 0 aromatic carbocycles. The maximum atomic E-state index is 11.6. The Morgan fingerprint density at radius 2 is 2.15 bits per heavy atom. The van der Waals surface area contributed by atoms with Crippen LogP contribution in [0.5, 0.6) is 0 Å². The summed E-state index contributed by atoms with van der Waals surface area (Å²) in [6, 6.07) is 3.68. The number of hydrogen-bond acceptors (Lipinski definition) is 4. The predicted molar refractivity (Wildman–Crippen MR) is 75.6 cm³/mol. The fraction of sp³-hybridized carbons (Fsp3) is 0.214. The van der Waals surface area contributed by atoms with Gasteiger partial charge in [-0.15, -0.1) is 11.8 Å². The van der Waals surface area contributed by atoms with E-state index >= 15 is 0 Å². The molecule has 3 heterocycles. The Morgan fingerprint density at radius 3 is 2.80 bits per heavy atom. The number of carbonyl (C=O) groups excluding carboxylic acids is 1. The SMILES string of the molecule is O=C(O)C1=C(/C=C/c2ccncc2)CS[C@H]2CC(=O)N12. The highest BCUT2D eigenvalue weighted by molar-refractivity contribution is 8.00. The Labute approximate surface area is 120 Å². The van der Waals surface area contributed by atoms with E-state index in [0.29, 0.717) is 17.7 Å². The van der Waals surface area contributed by atoms with Crippen molar-refractivity contribution in [3.05, 3.63) is 47.4 Å². The third-order valence-electron chi connectivity index (χ3n) is 3.27. The van der Waals surface area contributed by atoms with Gasteiger partial charge in [-0.25, -0.2) is 4.79 Å². The molecule has 1 N–H and O–H groups in total. The van der Waals surface area contributed by atoms with E-state index in [1.807, 2.05) is 18.2 Å². The maximum absolute atomic E-state index is 11.6. The third kappa shape index (κ3) is 2.22. The zero-order valence-corrected chi connectivity index (χ0v) is 11.3. The fourth-order valence-corrected chi connectivity index (χ4v) is 3.47. The molecule has 0 spiro atoms. The second-order valence-corrected chi connectivity index (χ2v) is 5.69. The summed E-state index contributed by atoms with van der Waals surface area (Å²) in [5.41, 5.74) is 1.73. The van der Waals surface area contributed by atoms with Crippen molar-refractivity contribution in [1.29, 1.82) is 0 Å². The molecule has 1 saturated heterocycles. The molecule has 0 radical (unpaired) electrons. The van der Waals surface area contributed by atoms with Gasteiger partial charge < -0.3 is 5.11 Å². The molecule has 0 saturated carbocycles. The number of β-lactam (4-membered cyclic amide) rings is 1. The molecular formula is C14H12N2O3S. The van der Waals surface area contributed by atoms with E-state index in [1.165, 1.54) is 4.90 Å². The molecule has 0 bridgehead atoms. The first-order valence-corrected chi connectivity index (χ1v) is 7.20. The number of hydrogen-bond donors (Lipinski definition) is 1. The van der Waals surface area contributed by atoms with Gasteiger partial charge in [-0.1, -0.05) is 12.2 Å². The van der Waals surface area contributed by atoms with Gasteiger partial charge in [0.15, 0.2) is 0 Å². The highest BCUT2D eigenvalue weighted by atomic mass is 32.2. The zero-order valence-electron chi connectivity index (χ0n) is 10.5. The molecule has 1 aromatic heterocycles. The average Bonchev–Trinajstić information content (AvgIpc) is 2.45. The molecule has 2 aliphatic rings. The summed E-state index contributed by atoms with van der Waals surface area (Å²) in [5, 5.41) is 9.33. The van der Waals surface area contributed by atoms with Gasteiger partial charge in [0.25, 0.3) is 0 Å². The second-order valence-electron chi connectivity index (χ2n) is 4.53. The van der Waals surface area contributed by atoms with Crippen LogP contribution in [0.1, 0.15) is 12.0 Å². The number of fused-ring (bicyclic) bond motifs is 1. The van der Waals surface area contributed by atoms with Crippen molar-refractivity contribution in [3.63, 3.8) is 0 Å². The second kappa shape index (κ2) is 5.13. The van der Waals surface area contributed by atoms with Gasteiger partial charge in [0.05, 0.1) is 11.8 Å². The zero-order chi connectivity index (χ0) is 14.1. The van der Waals surface area contributed by atoms with Gasteiger partial charge in [-0.05, 0) is 23.3 Å². The molecule has 20 heavy (non-hydrogen) atoms. The monoisotopic (exact) mass is 288 g/mol. The standard InChI is InChI=1S/C14H12N2O3S/c17-11-7-12-16(11)13(14(18)19)10(8-20-12)2-1-9-3-5-15-6-4-9/h1-6,12H,7-8H2,(H,18,19)/b2-1+/t12-/m0/s1. The van der Waals surface area contributed by atoms with E-state index in [-0.39, 0.29) is 17.0 Å². The Bertz CT molecular complexity index is 625. The van der Waals surface area contributed by atoms with Gasteiger partial charge >= 0.3 is 5.97 Å². The van der Waals surface area contributed by atoms with Crippen molar-refractivity contribution < 1.29 is 14.7 Å². The minimum absolute atomic E-state index is 0.00771. The van der Waals surface area contributed by atoms with Crippen LogP contribution in [0.15, 0.2) is 41.9 Å². The Balaban J connectivity index is 1.93. The molecule has 2 aliphatic heterocycles. The molecule has 1 fully saturated rings. The summed E-state index contributed by atoms with van der Waals surface area (Å²) in [5.74, 6) is -0.551. The molecule has 0 unspecified atom stereocenters. The van der Waals surface area contributed by atoms with E-state index in [0.717, 1.165) is 5.56 Å². The fourth-order valence-electron chi connectivity index (χ4n) is 2.24. The summed E-state index contributed by atoms with van der Waals surface area (Å²) >= 11 is 1.60. The molecule has 1 amide bonds. The van der Waals surface area contributed by atoms with Gasteiger partial charge in [0.2, 0.25) is 5.91 Å². The number of thioether (sulfide) groups is 1. The molecule has 5 nitrogen and oxygen atoms in total. The van der Waals surface area contributed by atoms with E-state index in [1.54, 1.807) is 30.2 Å². The number of amides is 1. The first-order valence-electron chi connectivity index (χ1n) is 6.15. The van der Waals surface area contributed by atoms with Gasteiger partial charge in [-0.3, -0.25) is 14.7 Å². The number of aromatic nitrogens is 1. The number of allylic oxidation sites excluding steroid dienone is 1. The lowest BCUT2D eigenvalue weighted by atomic mass is 10.1. The van der Waals surface area contributed by atoms with Crippen molar-refractivity contribution in [2.75, 3.05) is 5.75 Å².